The van der Waals surface area contributed by atoms with E-state index in [1.54, 1.807) is 0 Å². The Labute approximate surface area is 178 Å². The van der Waals surface area contributed by atoms with Crippen molar-refractivity contribution in [2.45, 2.75) is 64.2 Å². The van der Waals surface area contributed by atoms with E-state index in [1.165, 1.54) is 75.6 Å². The maximum Gasteiger partial charge on any atom is 0.0849 e. The molecule has 0 aliphatic carbocycles. The van der Waals surface area contributed by atoms with Gasteiger partial charge in [0.2, 0.25) is 0 Å². The Morgan fingerprint density at radius 3 is 2.00 bits per heavy atom. The minimum absolute atomic E-state index is 0.482. The summed E-state index contributed by atoms with van der Waals surface area (Å²) in [6, 6.07) is 22.2. The van der Waals surface area contributed by atoms with E-state index >= 15 is 0 Å². The highest BCUT2D eigenvalue weighted by molar-refractivity contribution is 5.54. The van der Waals surface area contributed by atoms with Gasteiger partial charge in [-0.2, -0.15) is 0 Å². The molecule has 156 valence electrons. The van der Waals surface area contributed by atoms with Gasteiger partial charge in [0, 0.05) is 25.6 Å². The van der Waals surface area contributed by atoms with Crippen LogP contribution in [0.3, 0.4) is 0 Å². The van der Waals surface area contributed by atoms with Crippen LogP contribution in [0.15, 0.2) is 65.7 Å². The zero-order chi connectivity index (χ0) is 20.2. The number of piperidine rings is 1. The van der Waals surface area contributed by atoms with E-state index in [0.29, 0.717) is 11.8 Å². The largest absolute Gasteiger partial charge is 0.363 e. The minimum atomic E-state index is 0.482. The van der Waals surface area contributed by atoms with E-state index in [1.807, 2.05) is 0 Å². The van der Waals surface area contributed by atoms with Crippen LogP contribution in [-0.2, 0) is 0 Å². The zero-order valence-corrected chi connectivity index (χ0v) is 18.2. The molecule has 1 unspecified atom stereocenters. The highest BCUT2D eigenvalue weighted by atomic mass is 15.1. The third-order valence-corrected chi connectivity index (χ3v) is 6.21. The van der Waals surface area contributed by atoms with Gasteiger partial charge in [-0.15, -0.1) is 0 Å². The fourth-order valence-electron chi connectivity index (χ4n) is 4.65. The monoisotopic (exact) mass is 390 g/mol. The predicted octanol–water partition coefficient (Wildman–Crippen LogP) is 6.92. The standard InChI is InChI=1S/C27H38N2/c1-2-3-14-24(19-13-20-28-23-29-21-11-6-12-22-29)27(25-15-7-4-8-16-25)26-17-9-5-10-18-26/h4-5,7-10,15-18,23-24,27H,2-3,6,11-14,19-22H2,1H3. The van der Waals surface area contributed by atoms with E-state index in [-0.39, 0.29) is 0 Å². The number of hydrogen-bond acceptors (Lipinski definition) is 1. The number of aliphatic imine (C=N–C) groups is 1. The lowest BCUT2D eigenvalue weighted by molar-refractivity contribution is 0.349. The third kappa shape index (κ3) is 7.03. The van der Waals surface area contributed by atoms with E-state index in [4.69, 9.17) is 4.99 Å². The number of likely N-dealkylation sites (tertiary alicyclic amines) is 1. The Bertz CT molecular complexity index is 649. The van der Waals surface area contributed by atoms with Crippen LogP contribution in [-0.4, -0.2) is 30.9 Å². The Balaban J connectivity index is 1.66. The van der Waals surface area contributed by atoms with Crippen LogP contribution < -0.4 is 0 Å². The molecule has 1 aliphatic rings. The molecule has 0 saturated carbocycles. The first-order chi connectivity index (χ1) is 14.4. The molecule has 1 saturated heterocycles. The van der Waals surface area contributed by atoms with Crippen molar-refractivity contribution >= 4 is 6.34 Å². The SMILES string of the molecule is CCCCC(CCCN=CN1CCCCC1)C(c1ccccc1)c1ccccc1. The maximum atomic E-state index is 4.75. The average molecular weight is 391 g/mol. The maximum absolute atomic E-state index is 4.75. The van der Waals surface area contributed by atoms with Crippen molar-refractivity contribution in [1.29, 1.82) is 0 Å². The smallest absolute Gasteiger partial charge is 0.0849 e. The molecule has 2 nitrogen and oxygen atoms in total. The molecule has 29 heavy (non-hydrogen) atoms. The fourth-order valence-corrected chi connectivity index (χ4v) is 4.65. The predicted molar refractivity (Wildman–Crippen MR) is 126 cm³/mol. The second kappa shape index (κ2) is 12.5. The van der Waals surface area contributed by atoms with Crippen LogP contribution in [0.2, 0.25) is 0 Å². The number of benzene rings is 2. The Hall–Kier alpha value is -2.09. The molecule has 2 aromatic rings. The summed E-state index contributed by atoms with van der Waals surface area (Å²) in [4.78, 5) is 7.15. The van der Waals surface area contributed by atoms with Gasteiger partial charge in [0.05, 0.1) is 6.34 Å². The molecule has 0 amide bonds. The molecule has 1 heterocycles. The first-order valence-corrected chi connectivity index (χ1v) is 11.7. The number of hydrogen-bond donors (Lipinski definition) is 0. The van der Waals surface area contributed by atoms with Gasteiger partial charge in [-0.05, 0) is 55.6 Å². The van der Waals surface area contributed by atoms with E-state index in [2.05, 4.69) is 78.8 Å². The van der Waals surface area contributed by atoms with E-state index in [9.17, 15) is 0 Å². The number of unbranched alkanes of at least 4 members (excludes halogenated alkanes) is 1. The molecule has 0 spiro atoms. The lowest BCUT2D eigenvalue weighted by Gasteiger charge is -2.28. The van der Waals surface area contributed by atoms with Gasteiger partial charge >= 0.3 is 0 Å². The first kappa shape index (κ1) is 21.6. The molecule has 0 aromatic heterocycles. The van der Waals surface area contributed by atoms with Gasteiger partial charge in [0.25, 0.3) is 0 Å². The lowest BCUT2D eigenvalue weighted by Crippen LogP contribution is -2.28. The average Bonchev–Trinajstić information content (AvgIpc) is 2.79. The fraction of sp³-hybridized carbons (Fsp3) is 0.519. The summed E-state index contributed by atoms with van der Waals surface area (Å²) in [7, 11) is 0. The van der Waals surface area contributed by atoms with Gasteiger partial charge < -0.3 is 4.90 Å². The van der Waals surface area contributed by atoms with Crippen LogP contribution in [0, 0.1) is 5.92 Å². The highest BCUT2D eigenvalue weighted by Crippen LogP contribution is 2.37. The van der Waals surface area contributed by atoms with E-state index < -0.39 is 0 Å². The minimum Gasteiger partial charge on any atom is -0.363 e. The van der Waals surface area contributed by atoms with Crippen molar-refractivity contribution in [2.24, 2.45) is 10.9 Å². The van der Waals surface area contributed by atoms with Crippen LogP contribution in [0.1, 0.15) is 75.3 Å². The van der Waals surface area contributed by atoms with Gasteiger partial charge in [-0.3, -0.25) is 4.99 Å². The van der Waals surface area contributed by atoms with Crippen LogP contribution in [0.5, 0.6) is 0 Å². The topological polar surface area (TPSA) is 15.6 Å². The Morgan fingerprint density at radius 2 is 1.41 bits per heavy atom. The molecule has 1 atom stereocenters. The summed E-state index contributed by atoms with van der Waals surface area (Å²) in [6.07, 6.45) is 12.4. The second-order valence-electron chi connectivity index (χ2n) is 8.46. The quantitative estimate of drug-likeness (QED) is 0.231. The van der Waals surface area contributed by atoms with Crippen molar-refractivity contribution in [1.82, 2.24) is 4.90 Å². The second-order valence-corrected chi connectivity index (χ2v) is 8.46. The molecule has 2 heteroatoms. The van der Waals surface area contributed by atoms with Crippen molar-refractivity contribution in [3.05, 3.63) is 71.8 Å². The van der Waals surface area contributed by atoms with Crippen molar-refractivity contribution < 1.29 is 0 Å². The third-order valence-electron chi connectivity index (χ3n) is 6.21. The Morgan fingerprint density at radius 1 is 0.828 bits per heavy atom. The number of nitrogens with zero attached hydrogens (tertiary/aromatic N) is 2. The molecule has 3 rings (SSSR count). The van der Waals surface area contributed by atoms with Gasteiger partial charge in [0.15, 0.2) is 0 Å². The summed E-state index contributed by atoms with van der Waals surface area (Å²) in [5, 5.41) is 0. The van der Waals surface area contributed by atoms with Crippen LogP contribution in [0.25, 0.3) is 0 Å². The van der Waals surface area contributed by atoms with Gasteiger partial charge in [0.1, 0.15) is 0 Å². The number of rotatable bonds is 11. The highest BCUT2D eigenvalue weighted by Gasteiger charge is 2.24. The van der Waals surface area contributed by atoms with Crippen LogP contribution in [0.4, 0.5) is 0 Å². The van der Waals surface area contributed by atoms with Gasteiger partial charge in [-0.1, -0.05) is 80.4 Å². The molecule has 0 bridgehead atoms. The molecule has 2 aromatic carbocycles. The van der Waals surface area contributed by atoms with Crippen molar-refractivity contribution in [3.8, 4) is 0 Å². The van der Waals surface area contributed by atoms with Crippen molar-refractivity contribution in [3.63, 3.8) is 0 Å². The van der Waals surface area contributed by atoms with Crippen molar-refractivity contribution in [2.75, 3.05) is 19.6 Å². The summed E-state index contributed by atoms with van der Waals surface area (Å²) in [6.45, 7) is 5.63. The van der Waals surface area contributed by atoms with E-state index in [0.717, 1.165) is 6.54 Å². The lowest BCUT2D eigenvalue weighted by atomic mass is 9.76. The first-order valence-electron chi connectivity index (χ1n) is 11.7. The van der Waals surface area contributed by atoms with Crippen LogP contribution >= 0.6 is 0 Å². The summed E-state index contributed by atoms with van der Waals surface area (Å²) in [5.74, 6) is 1.15. The Kier molecular flexibility index (Phi) is 9.29. The summed E-state index contributed by atoms with van der Waals surface area (Å²) in [5.41, 5.74) is 2.91. The molecule has 0 N–H and O–H groups in total. The molecular formula is C27H38N2. The molecule has 0 radical (unpaired) electrons. The molecule has 1 fully saturated rings. The summed E-state index contributed by atoms with van der Waals surface area (Å²) >= 11 is 0. The summed E-state index contributed by atoms with van der Waals surface area (Å²) < 4.78 is 0. The molecule has 1 aliphatic heterocycles. The normalized spacial score (nSPS) is 15.9. The zero-order valence-electron chi connectivity index (χ0n) is 18.2. The molecular weight excluding hydrogens is 352 g/mol. The van der Waals surface area contributed by atoms with Gasteiger partial charge in [-0.25, -0.2) is 0 Å².